The zero-order chi connectivity index (χ0) is 12.7. The van der Waals surface area contributed by atoms with Crippen LogP contribution in [0.1, 0.15) is 39.5 Å². The van der Waals surface area contributed by atoms with Crippen molar-refractivity contribution in [2.24, 2.45) is 5.92 Å². The fourth-order valence-electron chi connectivity index (χ4n) is 2.23. The quantitative estimate of drug-likeness (QED) is 0.690. The maximum Gasteiger partial charge on any atom is 0.252 e. The van der Waals surface area contributed by atoms with Gasteiger partial charge in [0.05, 0.1) is 0 Å². The Bertz CT molecular complexity index is 236. The molecule has 1 rings (SSSR count). The molecule has 1 saturated heterocycles. The summed E-state index contributed by atoms with van der Waals surface area (Å²) in [6.07, 6.45) is 3.72. The van der Waals surface area contributed by atoms with E-state index < -0.39 is 5.60 Å². The number of hydrogen-bond donors (Lipinski definition) is 2. The molecule has 0 saturated carbocycles. The van der Waals surface area contributed by atoms with Crippen LogP contribution in [0, 0.1) is 5.92 Å². The second kappa shape index (κ2) is 6.97. The van der Waals surface area contributed by atoms with Gasteiger partial charge >= 0.3 is 0 Å². The summed E-state index contributed by atoms with van der Waals surface area (Å²) >= 11 is 0. The monoisotopic (exact) mass is 242 g/mol. The van der Waals surface area contributed by atoms with Gasteiger partial charge < -0.3 is 15.4 Å². The van der Waals surface area contributed by atoms with Crippen molar-refractivity contribution in [1.82, 2.24) is 10.6 Å². The molecule has 0 atom stereocenters. The van der Waals surface area contributed by atoms with E-state index in [1.165, 1.54) is 0 Å². The molecule has 0 spiro atoms. The molecule has 0 aromatic carbocycles. The molecule has 0 aliphatic carbocycles. The lowest BCUT2D eigenvalue weighted by molar-refractivity contribution is -0.146. The molecule has 0 unspecified atom stereocenters. The van der Waals surface area contributed by atoms with E-state index in [2.05, 4.69) is 24.5 Å². The van der Waals surface area contributed by atoms with Crippen LogP contribution in [0.5, 0.6) is 0 Å². The van der Waals surface area contributed by atoms with E-state index >= 15 is 0 Å². The van der Waals surface area contributed by atoms with E-state index in [1.54, 1.807) is 7.11 Å². The van der Waals surface area contributed by atoms with Crippen LogP contribution in [0.15, 0.2) is 0 Å². The zero-order valence-corrected chi connectivity index (χ0v) is 11.3. The summed E-state index contributed by atoms with van der Waals surface area (Å²) in [6.45, 7) is 6.87. The molecule has 1 aliphatic rings. The Morgan fingerprint density at radius 3 is 2.59 bits per heavy atom. The van der Waals surface area contributed by atoms with Crippen LogP contribution in [0.2, 0.25) is 0 Å². The minimum absolute atomic E-state index is 0.0604. The van der Waals surface area contributed by atoms with E-state index in [0.29, 0.717) is 5.92 Å². The lowest BCUT2D eigenvalue weighted by Crippen LogP contribution is -2.54. The molecule has 1 heterocycles. The first-order chi connectivity index (χ1) is 8.10. The first kappa shape index (κ1) is 14.5. The summed E-state index contributed by atoms with van der Waals surface area (Å²) in [6, 6.07) is 0. The van der Waals surface area contributed by atoms with Crippen LogP contribution in [0.3, 0.4) is 0 Å². The maximum atomic E-state index is 12.1. The molecule has 4 heteroatoms. The molecular formula is C13H26N2O2. The molecule has 0 aromatic rings. The highest BCUT2D eigenvalue weighted by molar-refractivity contribution is 5.85. The Kier molecular flexibility index (Phi) is 5.92. The van der Waals surface area contributed by atoms with Crippen molar-refractivity contribution >= 4 is 5.91 Å². The van der Waals surface area contributed by atoms with Crippen molar-refractivity contribution in [3.05, 3.63) is 0 Å². The number of nitrogens with one attached hydrogen (secondary N) is 2. The third-order valence-electron chi connectivity index (χ3n) is 3.46. The molecule has 2 N–H and O–H groups in total. The third-order valence-corrected chi connectivity index (χ3v) is 3.46. The summed E-state index contributed by atoms with van der Waals surface area (Å²) in [7, 11) is 1.64. The van der Waals surface area contributed by atoms with Crippen molar-refractivity contribution in [3.8, 4) is 0 Å². The Hall–Kier alpha value is -0.610. The van der Waals surface area contributed by atoms with E-state index in [1.807, 2.05) is 0 Å². The summed E-state index contributed by atoms with van der Waals surface area (Å²) < 4.78 is 5.47. The fraction of sp³-hybridized carbons (Fsp3) is 0.923. The number of rotatable bonds is 6. The van der Waals surface area contributed by atoms with E-state index in [-0.39, 0.29) is 5.91 Å². The summed E-state index contributed by atoms with van der Waals surface area (Å²) in [5, 5.41) is 6.26. The van der Waals surface area contributed by atoms with Gasteiger partial charge in [-0.3, -0.25) is 4.79 Å². The minimum Gasteiger partial charge on any atom is -0.368 e. The van der Waals surface area contributed by atoms with Crippen molar-refractivity contribution in [1.29, 1.82) is 0 Å². The standard InChI is InChI=1S/C13H26N2O2/c1-11(2)5-4-8-15-12(16)13(17-3)6-9-14-10-7-13/h11,14H,4-10H2,1-3H3,(H,15,16). The normalized spacial score (nSPS) is 19.3. The van der Waals surface area contributed by atoms with Crippen molar-refractivity contribution in [2.45, 2.75) is 45.1 Å². The molecule has 0 bridgehead atoms. The number of piperidine rings is 1. The average molecular weight is 242 g/mol. The summed E-state index contributed by atoms with van der Waals surface area (Å²) in [4.78, 5) is 12.1. The third kappa shape index (κ3) is 4.28. The Balaban J connectivity index is 2.33. The molecule has 1 aliphatic heterocycles. The molecular weight excluding hydrogens is 216 g/mol. The number of hydrogen-bond acceptors (Lipinski definition) is 3. The van der Waals surface area contributed by atoms with Crippen LogP contribution in [-0.2, 0) is 9.53 Å². The van der Waals surface area contributed by atoms with Crippen molar-refractivity contribution in [2.75, 3.05) is 26.7 Å². The number of amides is 1. The minimum atomic E-state index is -0.594. The second-order valence-electron chi connectivity index (χ2n) is 5.24. The Labute approximate surface area is 104 Å². The van der Waals surface area contributed by atoms with E-state index in [4.69, 9.17) is 4.74 Å². The number of carbonyl (C=O) groups excluding carboxylic acids is 1. The van der Waals surface area contributed by atoms with Gasteiger partial charge in [0.2, 0.25) is 0 Å². The highest BCUT2D eigenvalue weighted by Crippen LogP contribution is 2.22. The molecule has 0 radical (unpaired) electrons. The Morgan fingerprint density at radius 1 is 1.41 bits per heavy atom. The van der Waals surface area contributed by atoms with Crippen molar-refractivity contribution in [3.63, 3.8) is 0 Å². The van der Waals surface area contributed by atoms with Gasteiger partial charge in [-0.2, -0.15) is 0 Å². The van der Waals surface area contributed by atoms with Gasteiger partial charge in [-0.25, -0.2) is 0 Å². The highest BCUT2D eigenvalue weighted by Gasteiger charge is 2.39. The summed E-state index contributed by atoms with van der Waals surface area (Å²) in [5.74, 6) is 0.757. The predicted octanol–water partition coefficient (Wildman–Crippen LogP) is 1.31. The molecule has 1 fully saturated rings. The molecule has 100 valence electrons. The molecule has 17 heavy (non-hydrogen) atoms. The van der Waals surface area contributed by atoms with Gasteiger partial charge in [0, 0.05) is 13.7 Å². The van der Waals surface area contributed by atoms with Crippen LogP contribution in [0.25, 0.3) is 0 Å². The van der Waals surface area contributed by atoms with E-state index in [0.717, 1.165) is 45.3 Å². The van der Waals surface area contributed by atoms with Gasteiger partial charge in [0.15, 0.2) is 0 Å². The lowest BCUT2D eigenvalue weighted by atomic mass is 9.91. The van der Waals surface area contributed by atoms with Crippen molar-refractivity contribution < 1.29 is 9.53 Å². The molecule has 4 nitrogen and oxygen atoms in total. The second-order valence-corrected chi connectivity index (χ2v) is 5.24. The molecule has 0 aromatic heterocycles. The van der Waals surface area contributed by atoms with Gasteiger partial charge in [0.25, 0.3) is 5.91 Å². The molecule has 1 amide bonds. The van der Waals surface area contributed by atoms with Gasteiger partial charge in [-0.05, 0) is 44.7 Å². The van der Waals surface area contributed by atoms with Crippen LogP contribution < -0.4 is 10.6 Å². The summed E-state index contributed by atoms with van der Waals surface area (Å²) in [5.41, 5.74) is -0.594. The van der Waals surface area contributed by atoms with Crippen LogP contribution in [-0.4, -0.2) is 38.3 Å². The average Bonchev–Trinajstić information content (AvgIpc) is 2.35. The first-order valence-corrected chi connectivity index (χ1v) is 6.65. The lowest BCUT2D eigenvalue weighted by Gasteiger charge is -2.34. The number of methoxy groups -OCH3 is 1. The van der Waals surface area contributed by atoms with Gasteiger partial charge in [-0.15, -0.1) is 0 Å². The largest absolute Gasteiger partial charge is 0.368 e. The van der Waals surface area contributed by atoms with Crippen LogP contribution >= 0.6 is 0 Å². The zero-order valence-electron chi connectivity index (χ0n) is 11.3. The van der Waals surface area contributed by atoms with Gasteiger partial charge in [0.1, 0.15) is 5.60 Å². The number of carbonyl (C=O) groups is 1. The van der Waals surface area contributed by atoms with E-state index in [9.17, 15) is 4.79 Å². The topological polar surface area (TPSA) is 50.4 Å². The smallest absolute Gasteiger partial charge is 0.252 e. The maximum absolute atomic E-state index is 12.1. The fourth-order valence-corrected chi connectivity index (χ4v) is 2.23. The van der Waals surface area contributed by atoms with Gasteiger partial charge in [-0.1, -0.05) is 13.8 Å². The predicted molar refractivity (Wildman–Crippen MR) is 68.9 cm³/mol. The van der Waals surface area contributed by atoms with Crippen LogP contribution in [0.4, 0.5) is 0 Å². The number of ether oxygens (including phenoxy) is 1. The first-order valence-electron chi connectivity index (χ1n) is 6.65. The highest BCUT2D eigenvalue weighted by atomic mass is 16.5. The Morgan fingerprint density at radius 2 is 2.06 bits per heavy atom. The SMILES string of the molecule is COC1(C(=O)NCCCC(C)C)CCNCC1.